The summed E-state index contributed by atoms with van der Waals surface area (Å²) >= 11 is 0. The number of aryl methyl sites for hydroxylation is 1. The van der Waals surface area contributed by atoms with Crippen LogP contribution in [-0.4, -0.2) is 56.6 Å². The maximum Gasteiger partial charge on any atom is 0.244 e. The van der Waals surface area contributed by atoms with E-state index in [0.717, 1.165) is 28.1 Å². The number of amides is 2. The molecule has 0 aliphatic heterocycles. The molecule has 0 aliphatic rings. The van der Waals surface area contributed by atoms with Crippen LogP contribution in [-0.2, 0) is 26.0 Å². The Morgan fingerprint density at radius 1 is 0.971 bits per heavy atom. The second-order valence-corrected chi connectivity index (χ2v) is 10.6. The fraction of sp³-hybridized carbons (Fsp3) is 0.462. The van der Waals surface area contributed by atoms with E-state index in [9.17, 15) is 18.0 Å². The number of sulfonamides is 1. The predicted octanol–water partition coefficient (Wildman–Crippen LogP) is 3.53. The third-order valence-corrected chi connectivity index (χ3v) is 7.01. The van der Waals surface area contributed by atoms with Gasteiger partial charge in [0.15, 0.2) is 0 Å². The molecule has 186 valence electrons. The SMILES string of the molecule is CC[C@H](C)NC(=O)[C@H](CC)N(CCc1ccccc1)C(=O)CN(c1ccc(C)cc1)S(C)(=O)=O. The van der Waals surface area contributed by atoms with Crippen LogP contribution in [0.25, 0.3) is 0 Å². The van der Waals surface area contributed by atoms with Gasteiger partial charge in [-0.05, 0) is 50.8 Å². The number of carbonyl (C=O) groups is 2. The van der Waals surface area contributed by atoms with Gasteiger partial charge in [-0.15, -0.1) is 0 Å². The van der Waals surface area contributed by atoms with Gasteiger partial charge in [0.05, 0.1) is 11.9 Å². The lowest BCUT2D eigenvalue weighted by Crippen LogP contribution is -2.54. The molecule has 0 fully saturated rings. The van der Waals surface area contributed by atoms with Crippen molar-refractivity contribution in [1.82, 2.24) is 10.2 Å². The van der Waals surface area contributed by atoms with Crippen LogP contribution in [0.5, 0.6) is 0 Å². The molecule has 0 unspecified atom stereocenters. The summed E-state index contributed by atoms with van der Waals surface area (Å²) < 4.78 is 26.3. The van der Waals surface area contributed by atoms with Crippen LogP contribution in [0.3, 0.4) is 0 Å². The van der Waals surface area contributed by atoms with Gasteiger partial charge < -0.3 is 10.2 Å². The van der Waals surface area contributed by atoms with Gasteiger partial charge >= 0.3 is 0 Å². The molecule has 0 heterocycles. The lowest BCUT2D eigenvalue weighted by Gasteiger charge is -2.33. The molecular weight excluding hydrogens is 450 g/mol. The molecular formula is C26H37N3O4S. The van der Waals surface area contributed by atoms with Crippen LogP contribution in [0.4, 0.5) is 5.69 Å². The number of benzene rings is 2. The second-order valence-electron chi connectivity index (χ2n) is 8.67. The van der Waals surface area contributed by atoms with Crippen molar-refractivity contribution in [3.05, 3.63) is 65.7 Å². The Morgan fingerprint density at radius 3 is 2.12 bits per heavy atom. The van der Waals surface area contributed by atoms with E-state index >= 15 is 0 Å². The zero-order valence-electron chi connectivity index (χ0n) is 20.8. The third-order valence-electron chi connectivity index (χ3n) is 5.87. The highest BCUT2D eigenvalue weighted by atomic mass is 32.2. The summed E-state index contributed by atoms with van der Waals surface area (Å²) in [6, 6.07) is 16.0. The highest BCUT2D eigenvalue weighted by Crippen LogP contribution is 2.19. The quantitative estimate of drug-likeness (QED) is 0.496. The first-order valence-corrected chi connectivity index (χ1v) is 13.6. The first kappa shape index (κ1) is 27.4. The minimum Gasteiger partial charge on any atom is -0.352 e. The van der Waals surface area contributed by atoms with Crippen LogP contribution >= 0.6 is 0 Å². The van der Waals surface area contributed by atoms with Crippen LogP contribution in [0.15, 0.2) is 54.6 Å². The summed E-state index contributed by atoms with van der Waals surface area (Å²) in [6.07, 6.45) is 2.84. The molecule has 2 aromatic rings. The topological polar surface area (TPSA) is 86.8 Å². The summed E-state index contributed by atoms with van der Waals surface area (Å²) in [6.45, 7) is 7.61. The number of hydrogen-bond donors (Lipinski definition) is 1. The lowest BCUT2D eigenvalue weighted by molar-refractivity contribution is -0.139. The van der Waals surface area contributed by atoms with Crippen molar-refractivity contribution in [1.29, 1.82) is 0 Å². The molecule has 0 aliphatic carbocycles. The third kappa shape index (κ3) is 7.87. The second kappa shape index (κ2) is 12.6. The Morgan fingerprint density at radius 2 is 1.59 bits per heavy atom. The average molecular weight is 488 g/mol. The molecule has 7 nitrogen and oxygen atoms in total. The van der Waals surface area contributed by atoms with Crippen molar-refractivity contribution in [3.8, 4) is 0 Å². The van der Waals surface area contributed by atoms with Gasteiger partial charge in [0.2, 0.25) is 21.8 Å². The van der Waals surface area contributed by atoms with E-state index in [1.54, 1.807) is 24.3 Å². The molecule has 2 rings (SSSR count). The highest BCUT2D eigenvalue weighted by molar-refractivity contribution is 7.92. The van der Waals surface area contributed by atoms with Gasteiger partial charge in [-0.25, -0.2) is 8.42 Å². The Balaban J connectivity index is 2.34. The Bertz CT molecular complexity index is 1040. The van der Waals surface area contributed by atoms with E-state index in [-0.39, 0.29) is 18.5 Å². The van der Waals surface area contributed by atoms with Crippen molar-refractivity contribution in [2.45, 2.75) is 59.0 Å². The Labute approximate surface area is 204 Å². The average Bonchev–Trinajstić information content (AvgIpc) is 2.80. The molecule has 0 bridgehead atoms. The molecule has 0 saturated carbocycles. The van der Waals surface area contributed by atoms with E-state index in [2.05, 4.69) is 5.32 Å². The van der Waals surface area contributed by atoms with Gasteiger partial charge in [0, 0.05) is 12.6 Å². The fourth-order valence-corrected chi connectivity index (χ4v) is 4.51. The maximum absolute atomic E-state index is 13.6. The normalized spacial score (nSPS) is 13.1. The highest BCUT2D eigenvalue weighted by Gasteiger charge is 2.31. The Hall–Kier alpha value is -2.87. The lowest BCUT2D eigenvalue weighted by atomic mass is 10.1. The van der Waals surface area contributed by atoms with Crippen molar-refractivity contribution < 1.29 is 18.0 Å². The molecule has 0 saturated heterocycles. The number of nitrogens with zero attached hydrogens (tertiary/aromatic N) is 2. The first-order chi connectivity index (χ1) is 16.1. The van der Waals surface area contributed by atoms with Gasteiger partial charge in [0.1, 0.15) is 12.6 Å². The summed E-state index contributed by atoms with van der Waals surface area (Å²) in [5.74, 6) is -0.632. The van der Waals surface area contributed by atoms with Crippen LogP contribution < -0.4 is 9.62 Å². The number of anilines is 1. The summed E-state index contributed by atoms with van der Waals surface area (Å²) in [4.78, 5) is 28.1. The van der Waals surface area contributed by atoms with Crippen molar-refractivity contribution in [3.63, 3.8) is 0 Å². The summed E-state index contributed by atoms with van der Waals surface area (Å²) in [5.41, 5.74) is 2.44. The van der Waals surface area contributed by atoms with Crippen LogP contribution in [0.1, 0.15) is 44.7 Å². The summed E-state index contributed by atoms with van der Waals surface area (Å²) in [7, 11) is -3.72. The molecule has 0 spiro atoms. The van der Waals surface area contributed by atoms with Gasteiger partial charge in [-0.3, -0.25) is 13.9 Å². The van der Waals surface area contributed by atoms with Crippen LogP contribution in [0, 0.1) is 6.92 Å². The smallest absolute Gasteiger partial charge is 0.244 e. The van der Waals surface area contributed by atoms with E-state index in [1.807, 2.05) is 58.0 Å². The molecule has 0 aromatic heterocycles. The molecule has 2 amide bonds. The number of nitrogens with one attached hydrogen (secondary N) is 1. The Kier molecular flexibility index (Phi) is 10.1. The predicted molar refractivity (Wildman–Crippen MR) is 137 cm³/mol. The molecule has 2 atom stereocenters. The number of hydrogen-bond acceptors (Lipinski definition) is 4. The van der Waals surface area contributed by atoms with Crippen LogP contribution in [0.2, 0.25) is 0 Å². The monoisotopic (exact) mass is 487 g/mol. The van der Waals surface area contributed by atoms with Crippen molar-refractivity contribution in [2.75, 3.05) is 23.7 Å². The van der Waals surface area contributed by atoms with E-state index in [4.69, 9.17) is 0 Å². The first-order valence-electron chi connectivity index (χ1n) is 11.7. The maximum atomic E-state index is 13.6. The van der Waals surface area contributed by atoms with E-state index < -0.39 is 22.0 Å². The zero-order valence-corrected chi connectivity index (χ0v) is 21.6. The zero-order chi connectivity index (χ0) is 25.3. The largest absolute Gasteiger partial charge is 0.352 e. The van der Waals surface area contributed by atoms with Gasteiger partial charge in [-0.1, -0.05) is 61.9 Å². The van der Waals surface area contributed by atoms with E-state index in [1.165, 1.54) is 4.90 Å². The molecule has 34 heavy (non-hydrogen) atoms. The number of rotatable bonds is 12. The standard InChI is InChI=1S/C26H37N3O4S/c1-6-21(4)27-26(31)24(7-2)28(18-17-22-11-9-8-10-12-22)25(30)19-29(34(5,32)33)23-15-13-20(3)14-16-23/h8-16,21,24H,6-7,17-19H2,1-5H3,(H,27,31)/t21-,24-/m0/s1. The van der Waals surface area contributed by atoms with Gasteiger partial charge in [0.25, 0.3) is 0 Å². The molecule has 1 N–H and O–H groups in total. The van der Waals surface area contributed by atoms with E-state index in [0.29, 0.717) is 25.1 Å². The van der Waals surface area contributed by atoms with Gasteiger partial charge in [-0.2, -0.15) is 0 Å². The van der Waals surface area contributed by atoms with Crippen molar-refractivity contribution >= 4 is 27.5 Å². The van der Waals surface area contributed by atoms with Crippen molar-refractivity contribution in [2.24, 2.45) is 0 Å². The molecule has 2 aromatic carbocycles. The number of carbonyl (C=O) groups excluding carboxylic acids is 2. The fourth-order valence-electron chi connectivity index (χ4n) is 3.66. The minimum atomic E-state index is -3.72. The molecule has 0 radical (unpaired) electrons. The summed E-state index contributed by atoms with van der Waals surface area (Å²) in [5, 5.41) is 2.97. The molecule has 8 heteroatoms. The minimum absolute atomic E-state index is 0.0206.